The molecule has 1 saturated heterocycles. The molecule has 4 nitrogen and oxygen atoms in total. The number of benzene rings is 1. The lowest BCUT2D eigenvalue weighted by Crippen LogP contribution is -2.51. The molecule has 1 aromatic heterocycles. The monoisotopic (exact) mass is 244 g/mol. The van der Waals surface area contributed by atoms with E-state index < -0.39 is 0 Å². The summed E-state index contributed by atoms with van der Waals surface area (Å²) in [6.45, 7) is 9.03. The smallest absolute Gasteiger partial charge is 0.0671 e. The third-order valence-electron chi connectivity index (χ3n) is 3.97. The van der Waals surface area contributed by atoms with Gasteiger partial charge < -0.3 is 4.90 Å². The second kappa shape index (κ2) is 4.61. The number of rotatable bonds is 2. The van der Waals surface area contributed by atoms with Crippen molar-refractivity contribution in [1.29, 1.82) is 0 Å². The van der Waals surface area contributed by atoms with Gasteiger partial charge in [-0.05, 0) is 25.6 Å². The van der Waals surface area contributed by atoms with Crippen LogP contribution in [0.25, 0.3) is 10.9 Å². The summed E-state index contributed by atoms with van der Waals surface area (Å²) in [5.74, 6) is 0. The lowest BCUT2D eigenvalue weighted by Gasteiger charge is -2.40. The van der Waals surface area contributed by atoms with Crippen molar-refractivity contribution in [1.82, 2.24) is 15.1 Å². The number of aromatic nitrogens is 2. The molecule has 1 unspecified atom stereocenters. The van der Waals surface area contributed by atoms with Gasteiger partial charge in [0.05, 0.1) is 11.7 Å². The first-order valence-electron chi connectivity index (χ1n) is 6.70. The average Bonchev–Trinajstić information content (AvgIpc) is 2.86. The van der Waals surface area contributed by atoms with Crippen LogP contribution in [0.15, 0.2) is 24.4 Å². The van der Waals surface area contributed by atoms with Crippen LogP contribution in [0.5, 0.6) is 0 Å². The highest BCUT2D eigenvalue weighted by Crippen LogP contribution is 2.27. The molecule has 2 aromatic rings. The zero-order chi connectivity index (χ0) is 12.5. The van der Waals surface area contributed by atoms with E-state index in [0.717, 1.165) is 31.7 Å². The van der Waals surface area contributed by atoms with Crippen molar-refractivity contribution in [2.75, 3.05) is 31.1 Å². The molecular formula is C14H20N4. The van der Waals surface area contributed by atoms with Crippen molar-refractivity contribution in [3.63, 3.8) is 0 Å². The predicted octanol–water partition coefficient (Wildman–Crippen LogP) is 2.09. The van der Waals surface area contributed by atoms with Gasteiger partial charge in [0.1, 0.15) is 0 Å². The molecule has 0 radical (unpaired) electrons. The first-order chi connectivity index (χ1) is 8.79. The summed E-state index contributed by atoms with van der Waals surface area (Å²) < 4.78 is 0. The SMILES string of the molecule is CCN1CCN(c2cccc3[nH]ncc23)CC1C. The van der Waals surface area contributed by atoms with Crippen LogP contribution in [0.4, 0.5) is 5.69 Å². The Morgan fingerprint density at radius 2 is 2.28 bits per heavy atom. The van der Waals surface area contributed by atoms with Crippen LogP contribution >= 0.6 is 0 Å². The maximum Gasteiger partial charge on any atom is 0.0671 e. The molecule has 0 saturated carbocycles. The number of piperazine rings is 1. The normalized spacial score (nSPS) is 21.7. The van der Waals surface area contributed by atoms with E-state index in [0.29, 0.717) is 6.04 Å². The molecule has 4 heteroatoms. The molecule has 0 amide bonds. The maximum absolute atomic E-state index is 4.14. The molecule has 1 fully saturated rings. The summed E-state index contributed by atoms with van der Waals surface area (Å²) in [4.78, 5) is 5.01. The number of aromatic amines is 1. The highest BCUT2D eigenvalue weighted by molar-refractivity contribution is 5.91. The van der Waals surface area contributed by atoms with Crippen LogP contribution in [0.1, 0.15) is 13.8 Å². The summed E-state index contributed by atoms with van der Waals surface area (Å²) in [5, 5.41) is 8.42. The van der Waals surface area contributed by atoms with Gasteiger partial charge in [-0.15, -0.1) is 0 Å². The van der Waals surface area contributed by atoms with E-state index in [4.69, 9.17) is 0 Å². The first-order valence-corrected chi connectivity index (χ1v) is 6.70. The highest BCUT2D eigenvalue weighted by Gasteiger charge is 2.23. The third-order valence-corrected chi connectivity index (χ3v) is 3.97. The summed E-state index contributed by atoms with van der Waals surface area (Å²) in [7, 11) is 0. The van der Waals surface area contributed by atoms with Crippen molar-refractivity contribution >= 4 is 16.6 Å². The molecule has 1 aliphatic rings. The average molecular weight is 244 g/mol. The van der Waals surface area contributed by atoms with Gasteiger partial charge >= 0.3 is 0 Å². The van der Waals surface area contributed by atoms with Gasteiger partial charge in [0.15, 0.2) is 0 Å². The summed E-state index contributed by atoms with van der Waals surface area (Å²) in [5.41, 5.74) is 2.43. The second-order valence-corrected chi connectivity index (χ2v) is 5.03. The molecule has 18 heavy (non-hydrogen) atoms. The minimum atomic E-state index is 0.617. The topological polar surface area (TPSA) is 35.2 Å². The molecule has 2 heterocycles. The molecular weight excluding hydrogens is 224 g/mol. The number of fused-ring (bicyclic) bond motifs is 1. The number of nitrogens with one attached hydrogen (secondary N) is 1. The molecule has 1 aromatic carbocycles. The second-order valence-electron chi connectivity index (χ2n) is 5.03. The van der Waals surface area contributed by atoms with Crippen molar-refractivity contribution in [3.05, 3.63) is 24.4 Å². The number of likely N-dealkylation sites (N-methyl/N-ethyl adjacent to an activating group) is 1. The van der Waals surface area contributed by atoms with Crippen molar-refractivity contribution in [2.45, 2.75) is 19.9 Å². The fraction of sp³-hybridized carbons (Fsp3) is 0.500. The third kappa shape index (κ3) is 1.86. The van der Waals surface area contributed by atoms with E-state index in [1.54, 1.807) is 0 Å². The van der Waals surface area contributed by atoms with Crippen LogP contribution in [0, 0.1) is 0 Å². The Morgan fingerprint density at radius 3 is 3.06 bits per heavy atom. The van der Waals surface area contributed by atoms with E-state index in [1.807, 2.05) is 6.20 Å². The quantitative estimate of drug-likeness (QED) is 0.878. The Bertz CT molecular complexity index is 533. The van der Waals surface area contributed by atoms with E-state index in [9.17, 15) is 0 Å². The van der Waals surface area contributed by atoms with Gasteiger partial charge in [0.2, 0.25) is 0 Å². The van der Waals surface area contributed by atoms with Crippen molar-refractivity contribution in [2.24, 2.45) is 0 Å². The van der Waals surface area contributed by atoms with E-state index in [2.05, 4.69) is 52.0 Å². The fourth-order valence-electron chi connectivity index (χ4n) is 2.91. The number of hydrogen-bond donors (Lipinski definition) is 1. The number of nitrogens with zero attached hydrogens (tertiary/aromatic N) is 3. The number of hydrogen-bond acceptors (Lipinski definition) is 3. The molecule has 3 rings (SSSR count). The Balaban J connectivity index is 1.89. The molecule has 96 valence electrons. The zero-order valence-corrected chi connectivity index (χ0v) is 11.1. The molecule has 1 atom stereocenters. The Kier molecular flexibility index (Phi) is 2.96. The van der Waals surface area contributed by atoms with E-state index >= 15 is 0 Å². The van der Waals surface area contributed by atoms with Crippen LogP contribution in [-0.2, 0) is 0 Å². The van der Waals surface area contributed by atoms with Crippen LogP contribution in [0.2, 0.25) is 0 Å². The lowest BCUT2D eigenvalue weighted by atomic mass is 10.1. The van der Waals surface area contributed by atoms with Crippen molar-refractivity contribution in [3.8, 4) is 0 Å². The number of anilines is 1. The van der Waals surface area contributed by atoms with Gasteiger partial charge in [0.25, 0.3) is 0 Å². The van der Waals surface area contributed by atoms with E-state index in [-0.39, 0.29) is 0 Å². The summed E-state index contributed by atoms with van der Waals surface area (Å²) in [6.07, 6.45) is 1.93. The highest BCUT2D eigenvalue weighted by atomic mass is 15.3. The first kappa shape index (κ1) is 11.5. The van der Waals surface area contributed by atoms with Gasteiger partial charge in [-0.3, -0.25) is 10.00 Å². The Labute approximate surface area is 108 Å². The lowest BCUT2D eigenvalue weighted by molar-refractivity contribution is 0.200. The van der Waals surface area contributed by atoms with Gasteiger partial charge in [0, 0.05) is 36.7 Å². The minimum Gasteiger partial charge on any atom is -0.368 e. The molecule has 0 aliphatic carbocycles. The number of H-pyrrole nitrogens is 1. The standard InChI is InChI=1S/C14H20N4/c1-3-17-7-8-18(10-11(17)2)14-6-4-5-13-12(14)9-15-16-13/h4-6,9,11H,3,7-8,10H2,1-2H3,(H,15,16). The molecule has 0 spiro atoms. The molecule has 0 bridgehead atoms. The van der Waals surface area contributed by atoms with Gasteiger partial charge in [-0.2, -0.15) is 5.10 Å². The van der Waals surface area contributed by atoms with Crippen LogP contribution < -0.4 is 4.90 Å². The van der Waals surface area contributed by atoms with Crippen molar-refractivity contribution < 1.29 is 0 Å². The van der Waals surface area contributed by atoms with Gasteiger partial charge in [-0.1, -0.05) is 13.0 Å². The van der Waals surface area contributed by atoms with E-state index in [1.165, 1.54) is 11.1 Å². The Morgan fingerprint density at radius 1 is 1.39 bits per heavy atom. The summed E-state index contributed by atoms with van der Waals surface area (Å²) in [6, 6.07) is 7.00. The Hall–Kier alpha value is -1.55. The maximum atomic E-state index is 4.14. The van der Waals surface area contributed by atoms with Crippen LogP contribution in [0.3, 0.4) is 0 Å². The summed E-state index contributed by atoms with van der Waals surface area (Å²) >= 11 is 0. The predicted molar refractivity (Wildman–Crippen MR) is 75.0 cm³/mol. The molecule has 1 aliphatic heterocycles. The van der Waals surface area contributed by atoms with Gasteiger partial charge in [-0.25, -0.2) is 0 Å². The molecule has 1 N–H and O–H groups in total. The van der Waals surface area contributed by atoms with Crippen LogP contribution in [-0.4, -0.2) is 47.3 Å². The minimum absolute atomic E-state index is 0.617. The fourth-order valence-corrected chi connectivity index (χ4v) is 2.91. The largest absolute Gasteiger partial charge is 0.368 e. The zero-order valence-electron chi connectivity index (χ0n) is 11.1.